The van der Waals surface area contributed by atoms with Crippen molar-refractivity contribution in [3.05, 3.63) is 88.4 Å². The highest BCUT2D eigenvalue weighted by Crippen LogP contribution is 2.44. The Morgan fingerprint density at radius 3 is 2.74 bits per heavy atom. The predicted molar refractivity (Wildman–Crippen MR) is 129 cm³/mol. The predicted octanol–water partition coefficient (Wildman–Crippen LogP) is 5.56. The van der Waals surface area contributed by atoms with Gasteiger partial charge < -0.3 is 19.2 Å². The number of methoxy groups -OCH3 is 2. The summed E-state index contributed by atoms with van der Waals surface area (Å²) < 4.78 is 31.3. The van der Waals surface area contributed by atoms with E-state index in [0.717, 1.165) is 37.2 Å². The monoisotopic (exact) mass is 458 g/mol. The second kappa shape index (κ2) is 8.37. The number of benzene rings is 3. The van der Waals surface area contributed by atoms with E-state index in [1.165, 1.54) is 33.8 Å². The van der Waals surface area contributed by atoms with Gasteiger partial charge in [0.2, 0.25) is 0 Å². The minimum Gasteiger partial charge on any atom is -0.497 e. The second-order valence-corrected chi connectivity index (χ2v) is 9.02. The number of aromatic nitrogens is 1. The molecule has 1 N–H and O–H groups in total. The SMILES string of the molecule is COc1ccc2[nH]c3c(c2c1)CC1c2cc(OCc4ccccc4F)c(OC)cc2CCN1C3. The van der Waals surface area contributed by atoms with E-state index in [1.54, 1.807) is 26.4 Å². The Morgan fingerprint density at radius 2 is 1.91 bits per heavy atom. The molecule has 0 aliphatic carbocycles. The minimum absolute atomic E-state index is 0.155. The summed E-state index contributed by atoms with van der Waals surface area (Å²) in [6.07, 6.45) is 1.87. The first-order valence-corrected chi connectivity index (χ1v) is 11.6. The van der Waals surface area contributed by atoms with E-state index in [0.29, 0.717) is 17.1 Å². The summed E-state index contributed by atoms with van der Waals surface area (Å²) >= 11 is 0. The molecule has 1 unspecified atom stereocenters. The minimum atomic E-state index is -0.264. The molecular weight excluding hydrogens is 431 g/mol. The van der Waals surface area contributed by atoms with E-state index in [2.05, 4.69) is 34.1 Å². The van der Waals surface area contributed by atoms with Gasteiger partial charge in [-0.2, -0.15) is 0 Å². The van der Waals surface area contributed by atoms with Crippen molar-refractivity contribution in [3.63, 3.8) is 0 Å². The Kier molecular flexibility index (Phi) is 5.18. The van der Waals surface area contributed by atoms with Crippen molar-refractivity contribution in [2.45, 2.75) is 32.0 Å². The van der Waals surface area contributed by atoms with Gasteiger partial charge in [-0.15, -0.1) is 0 Å². The number of nitrogens with one attached hydrogen (secondary N) is 1. The molecule has 0 bridgehead atoms. The molecule has 34 heavy (non-hydrogen) atoms. The van der Waals surface area contributed by atoms with Crippen molar-refractivity contribution in [2.75, 3.05) is 20.8 Å². The Morgan fingerprint density at radius 1 is 1.03 bits per heavy atom. The third-order valence-electron chi connectivity index (χ3n) is 7.19. The van der Waals surface area contributed by atoms with Crippen molar-refractivity contribution < 1.29 is 18.6 Å². The van der Waals surface area contributed by atoms with Crippen LogP contribution < -0.4 is 14.2 Å². The van der Waals surface area contributed by atoms with Gasteiger partial charge in [-0.3, -0.25) is 4.90 Å². The first kappa shape index (κ1) is 21.1. The highest BCUT2D eigenvalue weighted by Gasteiger charge is 2.34. The van der Waals surface area contributed by atoms with Gasteiger partial charge >= 0.3 is 0 Å². The van der Waals surface area contributed by atoms with Gasteiger partial charge in [0, 0.05) is 41.3 Å². The van der Waals surface area contributed by atoms with Crippen LogP contribution in [0.25, 0.3) is 10.9 Å². The van der Waals surface area contributed by atoms with Crippen LogP contribution in [0.2, 0.25) is 0 Å². The number of nitrogens with zero attached hydrogens (tertiary/aromatic N) is 1. The fourth-order valence-electron chi connectivity index (χ4n) is 5.41. The van der Waals surface area contributed by atoms with Crippen molar-refractivity contribution in [1.82, 2.24) is 9.88 Å². The van der Waals surface area contributed by atoms with E-state index < -0.39 is 0 Å². The summed E-state index contributed by atoms with van der Waals surface area (Å²) in [4.78, 5) is 6.15. The largest absolute Gasteiger partial charge is 0.497 e. The van der Waals surface area contributed by atoms with Gasteiger partial charge in [-0.25, -0.2) is 4.39 Å². The fraction of sp³-hybridized carbons (Fsp3) is 0.286. The molecule has 0 fully saturated rings. The topological polar surface area (TPSA) is 46.7 Å². The van der Waals surface area contributed by atoms with Crippen LogP contribution >= 0.6 is 0 Å². The van der Waals surface area contributed by atoms with Gasteiger partial charge in [0.25, 0.3) is 0 Å². The summed E-state index contributed by atoms with van der Waals surface area (Å²) in [5.41, 5.74) is 6.87. The molecule has 0 saturated heterocycles. The van der Waals surface area contributed by atoms with E-state index in [4.69, 9.17) is 14.2 Å². The molecule has 6 rings (SSSR count). The molecule has 6 heteroatoms. The Hall–Kier alpha value is -3.51. The maximum Gasteiger partial charge on any atom is 0.162 e. The zero-order valence-corrected chi connectivity index (χ0v) is 19.4. The number of fused-ring (bicyclic) bond motifs is 6. The lowest BCUT2D eigenvalue weighted by Gasteiger charge is -2.40. The van der Waals surface area contributed by atoms with Crippen LogP contribution in [-0.4, -0.2) is 30.6 Å². The zero-order valence-electron chi connectivity index (χ0n) is 19.4. The third kappa shape index (κ3) is 3.49. The average Bonchev–Trinajstić information content (AvgIpc) is 3.23. The molecule has 3 heterocycles. The molecule has 4 aromatic rings. The van der Waals surface area contributed by atoms with Gasteiger partial charge in [0.15, 0.2) is 11.5 Å². The van der Waals surface area contributed by atoms with Crippen LogP contribution in [0.4, 0.5) is 4.39 Å². The molecule has 2 aliphatic rings. The number of hydrogen-bond donors (Lipinski definition) is 1. The van der Waals surface area contributed by atoms with Gasteiger partial charge in [-0.05, 0) is 65.9 Å². The molecule has 0 radical (unpaired) electrons. The fourth-order valence-corrected chi connectivity index (χ4v) is 5.41. The van der Waals surface area contributed by atoms with Crippen LogP contribution in [0, 0.1) is 5.82 Å². The average molecular weight is 459 g/mol. The van der Waals surface area contributed by atoms with E-state index in [9.17, 15) is 4.39 Å². The number of H-pyrrole nitrogens is 1. The maximum absolute atomic E-state index is 14.1. The molecule has 0 saturated carbocycles. The molecule has 0 amide bonds. The molecule has 174 valence electrons. The lowest BCUT2D eigenvalue weighted by atomic mass is 9.85. The Balaban J connectivity index is 1.36. The maximum atomic E-state index is 14.1. The molecular formula is C28H27FN2O3. The van der Waals surface area contributed by atoms with Crippen molar-refractivity contribution in [3.8, 4) is 17.2 Å². The number of ether oxygens (including phenoxy) is 3. The van der Waals surface area contributed by atoms with E-state index in [1.807, 2.05) is 12.1 Å². The molecule has 3 aromatic carbocycles. The summed E-state index contributed by atoms with van der Waals surface area (Å²) in [5, 5.41) is 1.23. The Bertz CT molecular complexity index is 1380. The van der Waals surface area contributed by atoms with Crippen molar-refractivity contribution >= 4 is 10.9 Å². The normalized spacial score (nSPS) is 17.1. The highest BCUT2D eigenvalue weighted by molar-refractivity contribution is 5.86. The van der Waals surface area contributed by atoms with Crippen LogP contribution in [0.1, 0.15) is 34.0 Å². The summed E-state index contributed by atoms with van der Waals surface area (Å²) in [7, 11) is 3.36. The van der Waals surface area contributed by atoms with Gasteiger partial charge in [0.05, 0.1) is 14.2 Å². The number of halogens is 1. The van der Waals surface area contributed by atoms with Crippen LogP contribution in [-0.2, 0) is 26.0 Å². The Labute approximate surface area is 198 Å². The lowest BCUT2D eigenvalue weighted by molar-refractivity contribution is 0.158. The van der Waals surface area contributed by atoms with Crippen LogP contribution in [0.5, 0.6) is 17.2 Å². The summed E-state index contributed by atoms with van der Waals surface area (Å²) in [5.74, 6) is 1.95. The first-order chi connectivity index (χ1) is 16.6. The summed E-state index contributed by atoms with van der Waals surface area (Å²) in [6, 6.07) is 17.4. The lowest BCUT2D eigenvalue weighted by Crippen LogP contribution is -2.39. The van der Waals surface area contributed by atoms with E-state index in [-0.39, 0.29) is 18.5 Å². The molecule has 0 spiro atoms. The first-order valence-electron chi connectivity index (χ1n) is 11.6. The number of rotatable bonds is 5. The van der Waals surface area contributed by atoms with Crippen LogP contribution in [0.15, 0.2) is 54.6 Å². The second-order valence-electron chi connectivity index (χ2n) is 9.02. The third-order valence-corrected chi connectivity index (χ3v) is 7.19. The van der Waals surface area contributed by atoms with Gasteiger partial charge in [0.1, 0.15) is 18.2 Å². The number of hydrogen-bond acceptors (Lipinski definition) is 4. The van der Waals surface area contributed by atoms with Crippen molar-refractivity contribution in [1.29, 1.82) is 0 Å². The van der Waals surface area contributed by atoms with Crippen LogP contribution in [0.3, 0.4) is 0 Å². The quantitative estimate of drug-likeness (QED) is 0.425. The van der Waals surface area contributed by atoms with E-state index >= 15 is 0 Å². The zero-order chi connectivity index (χ0) is 23.2. The molecule has 2 aliphatic heterocycles. The smallest absolute Gasteiger partial charge is 0.162 e. The number of aromatic amines is 1. The molecule has 1 aromatic heterocycles. The highest BCUT2D eigenvalue weighted by atomic mass is 19.1. The molecule has 1 atom stereocenters. The standard InChI is InChI=1S/C28H27FN2O3/c1-32-19-7-8-24-21(12-19)22-13-26-20-14-28(34-16-18-5-3-4-6-23(18)29)27(33-2)11-17(20)9-10-31(26)15-25(22)30-24/h3-8,11-12,14,26,30H,9-10,13,15-16H2,1-2H3. The van der Waals surface area contributed by atoms with Gasteiger partial charge in [-0.1, -0.05) is 18.2 Å². The molecule has 5 nitrogen and oxygen atoms in total. The summed E-state index contributed by atoms with van der Waals surface area (Å²) in [6.45, 7) is 2.03. The van der Waals surface area contributed by atoms with Crippen molar-refractivity contribution in [2.24, 2.45) is 0 Å².